The molecule has 4 heteroatoms. The number of nitrogens with one attached hydrogen (secondary N) is 1. The normalized spacial score (nSPS) is 16.9. The van der Waals surface area contributed by atoms with Gasteiger partial charge in [-0.1, -0.05) is 0 Å². The largest absolute Gasteiger partial charge is 0.343 e. The number of pyridine rings is 1. The fraction of sp³-hybridized carbons (Fsp3) is 0.462. The molecule has 0 unspecified atom stereocenters. The zero-order chi connectivity index (χ0) is 11.7. The molecule has 3 heterocycles. The predicted molar refractivity (Wildman–Crippen MR) is 67.4 cm³/mol. The molecule has 2 aromatic heterocycles. The second-order valence-corrected chi connectivity index (χ2v) is 4.73. The molecule has 0 bridgehead atoms. The smallest absolute Gasteiger partial charge is 0.183 e. The molecule has 0 saturated carbocycles. The number of imidazole rings is 1. The predicted octanol–water partition coefficient (Wildman–Crippen LogP) is 1.27. The van der Waals surface area contributed by atoms with Gasteiger partial charge in [-0.2, -0.15) is 0 Å². The highest BCUT2D eigenvalue weighted by Crippen LogP contribution is 2.09. The summed E-state index contributed by atoms with van der Waals surface area (Å²) in [4.78, 5) is 17.0. The Balaban J connectivity index is 1.74. The molecule has 3 rings (SSSR count). The van der Waals surface area contributed by atoms with E-state index in [1.165, 1.54) is 31.6 Å². The molecule has 1 N–H and O–H groups in total. The fourth-order valence-electron chi connectivity index (χ4n) is 2.48. The highest BCUT2D eigenvalue weighted by molar-refractivity contribution is 5.39. The lowest BCUT2D eigenvalue weighted by Crippen LogP contribution is -2.21. The quantitative estimate of drug-likeness (QED) is 0.864. The summed E-state index contributed by atoms with van der Waals surface area (Å²) in [5.41, 5.74) is 2.13. The fourth-order valence-corrected chi connectivity index (χ4v) is 2.48. The molecule has 1 aliphatic heterocycles. The van der Waals surface area contributed by atoms with Crippen molar-refractivity contribution in [3.63, 3.8) is 0 Å². The van der Waals surface area contributed by atoms with Crippen molar-refractivity contribution in [1.29, 1.82) is 0 Å². The van der Waals surface area contributed by atoms with Crippen LogP contribution in [0.3, 0.4) is 0 Å². The SMILES string of the molecule is O=c1ccn2cc(CCN3CCCC3)[nH]c2c1. The second kappa shape index (κ2) is 4.37. The lowest BCUT2D eigenvalue weighted by atomic mass is 10.3. The highest BCUT2D eigenvalue weighted by Gasteiger charge is 2.11. The van der Waals surface area contributed by atoms with Gasteiger partial charge in [0, 0.05) is 43.2 Å². The molecular formula is C13H17N3O. The molecule has 0 spiro atoms. The zero-order valence-electron chi connectivity index (χ0n) is 9.85. The van der Waals surface area contributed by atoms with Gasteiger partial charge in [-0.15, -0.1) is 0 Å². The van der Waals surface area contributed by atoms with Crippen molar-refractivity contribution in [2.24, 2.45) is 0 Å². The minimum atomic E-state index is 0.0537. The number of aromatic nitrogens is 2. The van der Waals surface area contributed by atoms with Gasteiger partial charge < -0.3 is 14.3 Å². The number of rotatable bonds is 3. The maximum Gasteiger partial charge on any atom is 0.183 e. The summed E-state index contributed by atoms with van der Waals surface area (Å²) in [7, 11) is 0. The minimum Gasteiger partial charge on any atom is -0.343 e. The molecule has 0 atom stereocenters. The van der Waals surface area contributed by atoms with Crippen LogP contribution in [0.2, 0.25) is 0 Å². The molecule has 0 aliphatic carbocycles. The van der Waals surface area contributed by atoms with Crippen LogP contribution in [0.5, 0.6) is 0 Å². The molecule has 90 valence electrons. The van der Waals surface area contributed by atoms with E-state index in [1.807, 2.05) is 10.6 Å². The van der Waals surface area contributed by atoms with Crippen LogP contribution in [0.15, 0.2) is 29.3 Å². The van der Waals surface area contributed by atoms with Gasteiger partial charge in [0.05, 0.1) is 0 Å². The van der Waals surface area contributed by atoms with Gasteiger partial charge in [0.2, 0.25) is 0 Å². The third kappa shape index (κ3) is 2.26. The van der Waals surface area contributed by atoms with Gasteiger partial charge >= 0.3 is 0 Å². The molecule has 0 amide bonds. The summed E-state index contributed by atoms with van der Waals surface area (Å²) in [5.74, 6) is 0. The van der Waals surface area contributed by atoms with E-state index < -0.39 is 0 Å². The summed E-state index contributed by atoms with van der Waals surface area (Å²) in [6.07, 6.45) is 7.58. The molecular weight excluding hydrogens is 214 g/mol. The monoisotopic (exact) mass is 231 g/mol. The zero-order valence-corrected chi connectivity index (χ0v) is 9.85. The number of aromatic amines is 1. The van der Waals surface area contributed by atoms with E-state index in [1.54, 1.807) is 12.1 Å². The van der Waals surface area contributed by atoms with Crippen molar-refractivity contribution < 1.29 is 0 Å². The Hall–Kier alpha value is -1.55. The van der Waals surface area contributed by atoms with E-state index in [0.717, 1.165) is 18.6 Å². The molecule has 0 radical (unpaired) electrons. The van der Waals surface area contributed by atoms with Crippen molar-refractivity contribution in [3.8, 4) is 0 Å². The van der Waals surface area contributed by atoms with Crippen LogP contribution in [0, 0.1) is 0 Å². The Morgan fingerprint density at radius 1 is 1.29 bits per heavy atom. The van der Waals surface area contributed by atoms with Crippen LogP contribution in [0.1, 0.15) is 18.5 Å². The number of hydrogen-bond donors (Lipinski definition) is 1. The molecule has 17 heavy (non-hydrogen) atoms. The molecule has 4 nitrogen and oxygen atoms in total. The third-order valence-corrected chi connectivity index (χ3v) is 3.44. The maximum atomic E-state index is 11.2. The lowest BCUT2D eigenvalue weighted by Gasteiger charge is -2.12. The molecule has 0 aromatic carbocycles. The van der Waals surface area contributed by atoms with E-state index in [2.05, 4.69) is 16.1 Å². The first-order valence-corrected chi connectivity index (χ1v) is 6.23. The second-order valence-electron chi connectivity index (χ2n) is 4.73. The molecule has 2 aromatic rings. The lowest BCUT2D eigenvalue weighted by molar-refractivity contribution is 0.342. The summed E-state index contributed by atoms with van der Waals surface area (Å²) in [6.45, 7) is 3.58. The van der Waals surface area contributed by atoms with Crippen molar-refractivity contribution in [2.75, 3.05) is 19.6 Å². The van der Waals surface area contributed by atoms with Crippen molar-refractivity contribution in [1.82, 2.24) is 14.3 Å². The Morgan fingerprint density at radius 3 is 2.94 bits per heavy atom. The summed E-state index contributed by atoms with van der Waals surface area (Å²) in [5, 5.41) is 0. The van der Waals surface area contributed by atoms with Crippen LogP contribution in [0.4, 0.5) is 0 Å². The van der Waals surface area contributed by atoms with Gasteiger partial charge in [0.15, 0.2) is 5.43 Å². The Morgan fingerprint density at radius 2 is 2.12 bits per heavy atom. The van der Waals surface area contributed by atoms with E-state index >= 15 is 0 Å². The number of H-pyrrole nitrogens is 1. The van der Waals surface area contributed by atoms with E-state index in [0.29, 0.717) is 0 Å². The van der Waals surface area contributed by atoms with Crippen molar-refractivity contribution in [2.45, 2.75) is 19.3 Å². The molecule has 1 aliphatic rings. The Kier molecular flexibility index (Phi) is 2.73. The summed E-state index contributed by atoms with van der Waals surface area (Å²) < 4.78 is 1.97. The van der Waals surface area contributed by atoms with Gasteiger partial charge in [0.25, 0.3) is 0 Å². The molecule has 1 saturated heterocycles. The van der Waals surface area contributed by atoms with Crippen molar-refractivity contribution in [3.05, 3.63) is 40.4 Å². The number of likely N-dealkylation sites (tertiary alicyclic amines) is 1. The van der Waals surface area contributed by atoms with Gasteiger partial charge in [-0.05, 0) is 25.9 Å². The van der Waals surface area contributed by atoms with Crippen molar-refractivity contribution >= 4 is 5.65 Å². The standard InChI is InChI=1S/C13H17N3O/c17-12-4-8-16-10-11(14-13(16)9-12)3-7-15-5-1-2-6-15/h4,8-10,14H,1-3,5-7H2. The Bertz CT molecular complexity index is 563. The van der Waals surface area contributed by atoms with Gasteiger partial charge in [0.1, 0.15) is 5.65 Å². The summed E-state index contributed by atoms with van der Waals surface area (Å²) >= 11 is 0. The van der Waals surface area contributed by atoms with Crippen LogP contribution < -0.4 is 5.43 Å². The maximum absolute atomic E-state index is 11.2. The van der Waals surface area contributed by atoms with Gasteiger partial charge in [-0.25, -0.2) is 0 Å². The van der Waals surface area contributed by atoms with E-state index in [9.17, 15) is 4.79 Å². The summed E-state index contributed by atoms with van der Waals surface area (Å²) in [6, 6.07) is 3.23. The first-order valence-electron chi connectivity index (χ1n) is 6.23. The van der Waals surface area contributed by atoms with E-state index in [4.69, 9.17) is 0 Å². The van der Waals surface area contributed by atoms with Crippen LogP contribution in [-0.4, -0.2) is 33.9 Å². The topological polar surface area (TPSA) is 40.5 Å². The Labute approximate surface area is 99.9 Å². The van der Waals surface area contributed by atoms with E-state index in [-0.39, 0.29) is 5.43 Å². The highest BCUT2D eigenvalue weighted by atomic mass is 16.1. The number of nitrogens with zero attached hydrogens (tertiary/aromatic N) is 2. The molecule has 1 fully saturated rings. The van der Waals surface area contributed by atoms with Gasteiger partial charge in [-0.3, -0.25) is 4.79 Å². The minimum absolute atomic E-state index is 0.0537. The van der Waals surface area contributed by atoms with Crippen LogP contribution >= 0.6 is 0 Å². The third-order valence-electron chi connectivity index (χ3n) is 3.44. The number of fused-ring (bicyclic) bond motifs is 1. The van der Waals surface area contributed by atoms with Crippen LogP contribution in [-0.2, 0) is 6.42 Å². The first-order chi connectivity index (χ1) is 8.31. The number of hydrogen-bond acceptors (Lipinski definition) is 2. The average Bonchev–Trinajstić information content (AvgIpc) is 2.94. The first kappa shape index (κ1) is 10.6. The average molecular weight is 231 g/mol. The van der Waals surface area contributed by atoms with Crippen LogP contribution in [0.25, 0.3) is 5.65 Å².